The number of carboxylic acid groups (broad SMARTS) is 1. The highest BCUT2D eigenvalue weighted by Gasteiger charge is 2.22. The van der Waals surface area contributed by atoms with Gasteiger partial charge in [0.1, 0.15) is 6.61 Å². The van der Waals surface area contributed by atoms with Crippen LogP contribution in [0, 0.1) is 0 Å². The van der Waals surface area contributed by atoms with Crippen molar-refractivity contribution in [3.05, 3.63) is 59.4 Å². The van der Waals surface area contributed by atoms with E-state index < -0.39 is 5.97 Å². The van der Waals surface area contributed by atoms with Gasteiger partial charge in [0.05, 0.1) is 5.56 Å². The summed E-state index contributed by atoms with van der Waals surface area (Å²) in [6, 6.07) is 9.05. The zero-order valence-electron chi connectivity index (χ0n) is 18.1. The number of methoxy groups -OCH3 is 1. The molecule has 0 bridgehead atoms. The number of hydrogen-bond donors (Lipinski definition) is 1. The molecule has 3 rings (SSSR count). The molecule has 0 spiro atoms. The Morgan fingerprint density at radius 1 is 1.03 bits per heavy atom. The van der Waals surface area contributed by atoms with Gasteiger partial charge in [0.25, 0.3) is 5.91 Å². The Morgan fingerprint density at radius 2 is 1.74 bits per heavy atom. The fourth-order valence-corrected chi connectivity index (χ4v) is 4.03. The van der Waals surface area contributed by atoms with Crippen molar-refractivity contribution in [3.8, 4) is 0 Å². The van der Waals surface area contributed by atoms with Gasteiger partial charge in [-0.2, -0.15) is 0 Å². The van der Waals surface area contributed by atoms with Crippen LogP contribution in [0.15, 0.2) is 42.7 Å². The molecule has 0 saturated carbocycles. The minimum Gasteiger partial charge on any atom is -0.478 e. The van der Waals surface area contributed by atoms with Crippen molar-refractivity contribution in [2.45, 2.75) is 45.2 Å². The quantitative estimate of drug-likeness (QED) is 0.786. The highest BCUT2D eigenvalue weighted by atomic mass is 16.5. The zero-order chi connectivity index (χ0) is 22.1. The molecule has 1 amide bonds. The number of aromatic carboxylic acids is 1. The van der Waals surface area contributed by atoms with Crippen LogP contribution >= 0.6 is 0 Å². The van der Waals surface area contributed by atoms with Gasteiger partial charge in [0.2, 0.25) is 0 Å². The number of carbonyl (C=O) groups is 2. The van der Waals surface area contributed by atoms with Crippen molar-refractivity contribution >= 4 is 17.6 Å². The Bertz CT molecular complexity index is 872. The van der Waals surface area contributed by atoms with Gasteiger partial charge in [-0.05, 0) is 60.8 Å². The van der Waals surface area contributed by atoms with E-state index in [2.05, 4.69) is 9.88 Å². The van der Waals surface area contributed by atoms with Crippen LogP contribution in [0.5, 0.6) is 0 Å². The SMILES string of the molecule is COCC(=O)N1CCCCCCCN(Cc2ccncc2)Cc2cc(C(=O)O)ccc21. The molecule has 0 unspecified atom stereocenters. The summed E-state index contributed by atoms with van der Waals surface area (Å²) in [5, 5.41) is 9.53. The molecule has 0 radical (unpaired) electrons. The molecular formula is C24H31N3O4. The minimum atomic E-state index is -0.968. The molecule has 1 aliphatic heterocycles. The van der Waals surface area contributed by atoms with Crippen LogP contribution in [0.4, 0.5) is 5.69 Å². The third-order valence-corrected chi connectivity index (χ3v) is 5.59. The number of carbonyl (C=O) groups excluding carboxylic acids is 1. The van der Waals surface area contributed by atoms with E-state index in [9.17, 15) is 14.7 Å². The highest BCUT2D eigenvalue weighted by molar-refractivity contribution is 5.96. The van der Waals surface area contributed by atoms with E-state index in [0.29, 0.717) is 13.1 Å². The van der Waals surface area contributed by atoms with Gasteiger partial charge in [0.15, 0.2) is 0 Å². The van der Waals surface area contributed by atoms with E-state index >= 15 is 0 Å². The molecule has 31 heavy (non-hydrogen) atoms. The van der Waals surface area contributed by atoms with Crippen molar-refractivity contribution in [2.24, 2.45) is 0 Å². The van der Waals surface area contributed by atoms with Crippen molar-refractivity contribution in [1.29, 1.82) is 0 Å². The Balaban J connectivity index is 1.98. The minimum absolute atomic E-state index is 0.000845. The Morgan fingerprint density at radius 3 is 2.45 bits per heavy atom. The Labute approximate surface area is 183 Å². The van der Waals surface area contributed by atoms with Crippen LogP contribution in [0.1, 0.15) is 53.6 Å². The van der Waals surface area contributed by atoms with Crippen molar-refractivity contribution in [2.75, 3.05) is 31.7 Å². The molecule has 1 aliphatic rings. The smallest absolute Gasteiger partial charge is 0.335 e. The summed E-state index contributed by atoms with van der Waals surface area (Å²) in [7, 11) is 1.51. The molecule has 0 aliphatic carbocycles. The molecule has 7 nitrogen and oxygen atoms in total. The summed E-state index contributed by atoms with van der Waals surface area (Å²) in [4.78, 5) is 32.6. The standard InChI is InChI=1S/C24H31N3O4/c1-31-18-23(28)27-14-6-4-2-3-5-13-26(16-19-9-11-25-12-10-19)17-21-15-20(24(29)30)7-8-22(21)27/h7-12,15H,2-6,13-14,16-18H2,1H3,(H,29,30). The molecule has 0 atom stereocenters. The first kappa shape index (κ1) is 22.9. The normalized spacial score (nSPS) is 16.1. The van der Waals surface area contributed by atoms with Gasteiger partial charge in [-0.3, -0.25) is 14.7 Å². The lowest BCUT2D eigenvalue weighted by molar-refractivity contribution is -0.122. The topological polar surface area (TPSA) is 83.0 Å². The summed E-state index contributed by atoms with van der Waals surface area (Å²) >= 11 is 0. The fourth-order valence-electron chi connectivity index (χ4n) is 4.03. The number of ether oxygens (including phenoxy) is 1. The number of carboxylic acids is 1. The molecule has 2 heterocycles. The maximum atomic E-state index is 12.8. The lowest BCUT2D eigenvalue weighted by Gasteiger charge is -2.29. The van der Waals surface area contributed by atoms with Gasteiger partial charge < -0.3 is 14.7 Å². The number of benzene rings is 1. The van der Waals surface area contributed by atoms with Crippen LogP contribution in [-0.4, -0.2) is 53.7 Å². The fraction of sp³-hybridized carbons (Fsp3) is 0.458. The molecule has 7 heteroatoms. The predicted octanol–water partition coefficient (Wildman–Crippen LogP) is 3.73. The largest absolute Gasteiger partial charge is 0.478 e. The summed E-state index contributed by atoms with van der Waals surface area (Å²) in [5.74, 6) is -1.08. The first-order valence-corrected chi connectivity index (χ1v) is 10.9. The number of nitrogens with zero attached hydrogens (tertiary/aromatic N) is 3. The third-order valence-electron chi connectivity index (χ3n) is 5.59. The Kier molecular flexibility index (Phi) is 8.55. The zero-order valence-corrected chi connectivity index (χ0v) is 18.1. The van der Waals surface area contributed by atoms with Crippen molar-refractivity contribution in [3.63, 3.8) is 0 Å². The summed E-state index contributed by atoms with van der Waals surface area (Å²) in [6.45, 7) is 2.82. The number of aromatic nitrogens is 1. The van der Waals surface area contributed by atoms with Gasteiger partial charge >= 0.3 is 5.97 Å². The maximum Gasteiger partial charge on any atom is 0.335 e. The molecular weight excluding hydrogens is 394 g/mol. The van der Waals surface area contributed by atoms with Crippen LogP contribution in [0.25, 0.3) is 0 Å². The average molecular weight is 426 g/mol. The third kappa shape index (κ3) is 6.60. The van der Waals surface area contributed by atoms with E-state index in [1.165, 1.54) is 7.11 Å². The number of fused-ring (bicyclic) bond motifs is 1. The van der Waals surface area contributed by atoms with Gasteiger partial charge in [-0.25, -0.2) is 4.79 Å². The van der Waals surface area contributed by atoms with Crippen LogP contribution in [-0.2, 0) is 22.6 Å². The van der Waals surface area contributed by atoms with Crippen molar-refractivity contribution in [1.82, 2.24) is 9.88 Å². The summed E-state index contributed by atoms with van der Waals surface area (Å²) < 4.78 is 5.11. The maximum absolute atomic E-state index is 12.8. The van der Waals surface area contributed by atoms with Crippen molar-refractivity contribution < 1.29 is 19.4 Å². The van der Waals surface area contributed by atoms with Gasteiger partial charge in [-0.1, -0.05) is 19.3 Å². The van der Waals surface area contributed by atoms with E-state index in [0.717, 1.165) is 62.0 Å². The Hall–Kier alpha value is -2.77. The van der Waals surface area contributed by atoms with E-state index in [4.69, 9.17) is 4.74 Å². The van der Waals surface area contributed by atoms with E-state index in [-0.39, 0.29) is 18.1 Å². The molecule has 0 saturated heterocycles. The van der Waals surface area contributed by atoms with Gasteiger partial charge in [-0.15, -0.1) is 0 Å². The summed E-state index contributed by atoms with van der Waals surface area (Å²) in [5.41, 5.74) is 3.01. The van der Waals surface area contributed by atoms with Crippen LogP contribution in [0.3, 0.4) is 0 Å². The highest BCUT2D eigenvalue weighted by Crippen LogP contribution is 2.26. The van der Waals surface area contributed by atoms with Gasteiger partial charge in [0, 0.05) is 44.8 Å². The molecule has 2 aromatic rings. The molecule has 1 aromatic carbocycles. The molecule has 166 valence electrons. The average Bonchev–Trinajstić information content (AvgIpc) is 2.75. The van der Waals surface area contributed by atoms with E-state index in [1.807, 2.05) is 12.1 Å². The van der Waals surface area contributed by atoms with Crippen LogP contribution in [0.2, 0.25) is 0 Å². The summed E-state index contributed by atoms with van der Waals surface area (Å²) in [6.07, 6.45) is 8.91. The number of anilines is 1. The number of pyridine rings is 1. The second-order valence-corrected chi connectivity index (χ2v) is 7.96. The lowest BCUT2D eigenvalue weighted by Crippen LogP contribution is -2.36. The molecule has 1 aromatic heterocycles. The predicted molar refractivity (Wildman–Crippen MR) is 119 cm³/mol. The second kappa shape index (κ2) is 11.6. The number of amides is 1. The lowest BCUT2D eigenvalue weighted by atomic mass is 10.0. The first-order valence-electron chi connectivity index (χ1n) is 10.9. The second-order valence-electron chi connectivity index (χ2n) is 7.96. The monoisotopic (exact) mass is 425 g/mol. The first-order chi connectivity index (χ1) is 15.1. The number of hydrogen-bond acceptors (Lipinski definition) is 5. The van der Waals surface area contributed by atoms with E-state index in [1.54, 1.807) is 35.5 Å². The molecule has 1 N–H and O–H groups in total. The van der Waals surface area contributed by atoms with Crippen LogP contribution < -0.4 is 4.90 Å². The molecule has 0 fully saturated rings. The number of rotatable bonds is 5.